The molecule has 0 aliphatic heterocycles. The van der Waals surface area contributed by atoms with Crippen LogP contribution >= 0.6 is 0 Å². The molecule has 0 N–H and O–H groups in total. The molecule has 0 radical (unpaired) electrons. The molecule has 4 nitrogen and oxygen atoms in total. The lowest BCUT2D eigenvalue weighted by atomic mass is 10.1. The molecule has 0 aliphatic rings. The first-order valence-electron chi connectivity index (χ1n) is 5.33. The Labute approximate surface area is 99.9 Å². The molecule has 0 saturated heterocycles. The number of carbonyl (C=O) groups is 1. The van der Waals surface area contributed by atoms with E-state index in [0.29, 0.717) is 12.1 Å². The highest BCUT2D eigenvalue weighted by Crippen LogP contribution is 2.15. The third-order valence-corrected chi connectivity index (χ3v) is 2.73. The van der Waals surface area contributed by atoms with Crippen LogP contribution in [0.2, 0.25) is 0 Å². The van der Waals surface area contributed by atoms with Gasteiger partial charge in [-0.05, 0) is 17.7 Å². The number of carbonyl (C=O) groups excluding carboxylic acids is 1. The Morgan fingerprint density at radius 1 is 1.35 bits per heavy atom. The first-order valence-corrected chi connectivity index (χ1v) is 5.33. The Kier molecular flexibility index (Phi) is 3.23. The highest BCUT2D eigenvalue weighted by molar-refractivity contribution is 5.73. The third-order valence-electron chi connectivity index (χ3n) is 2.73. The summed E-state index contributed by atoms with van der Waals surface area (Å²) in [4.78, 5) is 14.9. The molecule has 2 aromatic rings. The van der Waals surface area contributed by atoms with Crippen molar-refractivity contribution >= 4 is 6.29 Å². The van der Waals surface area contributed by atoms with Crippen molar-refractivity contribution in [3.05, 3.63) is 47.5 Å². The van der Waals surface area contributed by atoms with E-state index in [0.717, 1.165) is 23.3 Å². The number of ether oxygens (including phenoxy) is 1. The van der Waals surface area contributed by atoms with Crippen molar-refractivity contribution in [2.75, 3.05) is 7.11 Å². The molecule has 4 heteroatoms. The summed E-state index contributed by atoms with van der Waals surface area (Å²) in [6, 6.07) is 7.79. The number of nitrogens with zero attached hydrogens (tertiary/aromatic N) is 2. The van der Waals surface area contributed by atoms with E-state index < -0.39 is 0 Å². The van der Waals surface area contributed by atoms with Gasteiger partial charge in [0.15, 0.2) is 6.29 Å². The lowest BCUT2D eigenvalue weighted by molar-refractivity contribution is 0.111. The molecule has 0 atom stereocenters. The number of aromatic nitrogens is 2. The van der Waals surface area contributed by atoms with Gasteiger partial charge in [-0.2, -0.15) is 0 Å². The summed E-state index contributed by atoms with van der Waals surface area (Å²) in [6.07, 6.45) is 3.13. The van der Waals surface area contributed by atoms with Crippen LogP contribution < -0.4 is 4.74 Å². The van der Waals surface area contributed by atoms with Gasteiger partial charge < -0.3 is 9.30 Å². The minimum Gasteiger partial charge on any atom is -0.497 e. The Morgan fingerprint density at radius 3 is 2.65 bits per heavy atom. The molecule has 1 aromatic heterocycles. The van der Waals surface area contributed by atoms with E-state index in [1.165, 1.54) is 0 Å². The van der Waals surface area contributed by atoms with Crippen LogP contribution in [0.15, 0.2) is 30.6 Å². The monoisotopic (exact) mass is 230 g/mol. The Balaban J connectivity index is 2.24. The predicted molar refractivity (Wildman–Crippen MR) is 64.4 cm³/mol. The van der Waals surface area contributed by atoms with E-state index in [2.05, 4.69) is 4.98 Å². The van der Waals surface area contributed by atoms with E-state index in [-0.39, 0.29) is 0 Å². The first-order chi connectivity index (χ1) is 8.24. The topological polar surface area (TPSA) is 44.1 Å². The lowest BCUT2D eigenvalue weighted by Crippen LogP contribution is -2.00. The summed E-state index contributed by atoms with van der Waals surface area (Å²) < 4.78 is 6.97. The van der Waals surface area contributed by atoms with Gasteiger partial charge in [0, 0.05) is 13.5 Å². The minimum absolute atomic E-state index is 0.503. The largest absolute Gasteiger partial charge is 0.497 e. The van der Waals surface area contributed by atoms with E-state index in [1.807, 2.05) is 35.9 Å². The fourth-order valence-electron chi connectivity index (χ4n) is 1.72. The summed E-state index contributed by atoms with van der Waals surface area (Å²) in [6.45, 7) is 0. The quantitative estimate of drug-likeness (QED) is 0.753. The average Bonchev–Trinajstić information content (AvgIpc) is 2.71. The van der Waals surface area contributed by atoms with Gasteiger partial charge in [-0.25, -0.2) is 4.98 Å². The van der Waals surface area contributed by atoms with Gasteiger partial charge in [0.1, 0.15) is 11.4 Å². The van der Waals surface area contributed by atoms with Crippen LogP contribution in [-0.4, -0.2) is 22.9 Å². The molecule has 0 spiro atoms. The molecule has 0 amide bonds. The molecule has 1 aromatic carbocycles. The summed E-state index contributed by atoms with van der Waals surface area (Å²) in [5.74, 6) is 0.828. The molecule has 0 unspecified atom stereocenters. The normalized spacial score (nSPS) is 10.2. The number of hydrogen-bond acceptors (Lipinski definition) is 3. The van der Waals surface area contributed by atoms with Crippen molar-refractivity contribution in [2.24, 2.45) is 7.05 Å². The number of hydrogen-bond donors (Lipinski definition) is 0. The van der Waals surface area contributed by atoms with Crippen LogP contribution in [0.1, 0.15) is 21.7 Å². The number of aldehydes is 1. The van der Waals surface area contributed by atoms with E-state index in [4.69, 9.17) is 4.74 Å². The van der Waals surface area contributed by atoms with Crippen molar-refractivity contribution < 1.29 is 9.53 Å². The lowest BCUT2D eigenvalue weighted by Gasteiger charge is -2.05. The maximum atomic E-state index is 10.8. The zero-order chi connectivity index (χ0) is 12.3. The van der Waals surface area contributed by atoms with Crippen LogP contribution in [-0.2, 0) is 13.5 Å². The maximum absolute atomic E-state index is 10.8. The molecule has 0 fully saturated rings. The molecule has 0 aliphatic carbocycles. The second-order valence-electron chi connectivity index (χ2n) is 3.83. The zero-order valence-corrected chi connectivity index (χ0v) is 9.88. The molecule has 1 heterocycles. The number of rotatable bonds is 4. The highest BCUT2D eigenvalue weighted by atomic mass is 16.5. The van der Waals surface area contributed by atoms with Gasteiger partial charge in [0.2, 0.25) is 0 Å². The SMILES string of the molecule is COc1ccc(Cc2c(C=O)ncn2C)cc1. The van der Waals surface area contributed by atoms with Gasteiger partial charge >= 0.3 is 0 Å². The fourth-order valence-corrected chi connectivity index (χ4v) is 1.72. The molecule has 0 bridgehead atoms. The number of aryl methyl sites for hydroxylation is 1. The summed E-state index contributed by atoms with van der Waals surface area (Å²) in [5.41, 5.74) is 2.55. The summed E-state index contributed by atoms with van der Waals surface area (Å²) in [5, 5.41) is 0. The van der Waals surface area contributed by atoms with Crippen molar-refractivity contribution in [2.45, 2.75) is 6.42 Å². The molecular weight excluding hydrogens is 216 g/mol. The second kappa shape index (κ2) is 4.82. The van der Waals surface area contributed by atoms with Crippen LogP contribution in [0.3, 0.4) is 0 Å². The zero-order valence-electron chi connectivity index (χ0n) is 9.88. The summed E-state index contributed by atoms with van der Waals surface area (Å²) in [7, 11) is 3.53. The highest BCUT2D eigenvalue weighted by Gasteiger charge is 2.08. The standard InChI is InChI=1S/C13H14N2O2/c1-15-9-14-12(8-16)13(15)7-10-3-5-11(17-2)6-4-10/h3-6,8-9H,7H2,1-2H3. The van der Waals surface area contributed by atoms with Crippen LogP contribution in [0.5, 0.6) is 5.75 Å². The number of imidazole rings is 1. The van der Waals surface area contributed by atoms with Crippen molar-refractivity contribution in [3.63, 3.8) is 0 Å². The maximum Gasteiger partial charge on any atom is 0.170 e. The van der Waals surface area contributed by atoms with Crippen molar-refractivity contribution in [1.29, 1.82) is 0 Å². The molecule has 17 heavy (non-hydrogen) atoms. The van der Waals surface area contributed by atoms with Crippen LogP contribution in [0.4, 0.5) is 0 Å². The predicted octanol–water partition coefficient (Wildman–Crippen LogP) is 1.83. The van der Waals surface area contributed by atoms with Gasteiger partial charge in [0.25, 0.3) is 0 Å². The van der Waals surface area contributed by atoms with E-state index in [1.54, 1.807) is 13.4 Å². The molecular formula is C13H14N2O2. The van der Waals surface area contributed by atoms with E-state index >= 15 is 0 Å². The van der Waals surface area contributed by atoms with Crippen molar-refractivity contribution in [1.82, 2.24) is 9.55 Å². The molecule has 0 saturated carbocycles. The van der Waals surface area contributed by atoms with Gasteiger partial charge in [0.05, 0.1) is 19.1 Å². The average molecular weight is 230 g/mol. The van der Waals surface area contributed by atoms with Gasteiger partial charge in [-0.3, -0.25) is 4.79 Å². The van der Waals surface area contributed by atoms with E-state index in [9.17, 15) is 4.79 Å². The second-order valence-corrected chi connectivity index (χ2v) is 3.83. The van der Waals surface area contributed by atoms with Crippen molar-refractivity contribution in [3.8, 4) is 5.75 Å². The smallest absolute Gasteiger partial charge is 0.170 e. The Morgan fingerprint density at radius 2 is 2.06 bits per heavy atom. The molecule has 88 valence electrons. The van der Waals surface area contributed by atoms with Crippen LogP contribution in [0, 0.1) is 0 Å². The van der Waals surface area contributed by atoms with Crippen LogP contribution in [0.25, 0.3) is 0 Å². The molecule has 2 rings (SSSR count). The number of methoxy groups -OCH3 is 1. The first kappa shape index (κ1) is 11.4. The third kappa shape index (κ3) is 2.36. The van der Waals surface area contributed by atoms with Gasteiger partial charge in [-0.15, -0.1) is 0 Å². The Bertz CT molecular complexity index is 515. The van der Waals surface area contributed by atoms with Gasteiger partial charge in [-0.1, -0.05) is 12.1 Å². The fraction of sp³-hybridized carbons (Fsp3) is 0.231. The minimum atomic E-state index is 0.503. The summed E-state index contributed by atoms with van der Waals surface area (Å²) >= 11 is 0. The Hall–Kier alpha value is -2.10. The number of benzene rings is 1.